The van der Waals surface area contributed by atoms with Crippen LogP contribution in [0, 0.1) is 0 Å². The van der Waals surface area contributed by atoms with Crippen LogP contribution in [0.3, 0.4) is 0 Å². The number of hydrogen-bond donors (Lipinski definition) is 1. The van der Waals surface area contributed by atoms with Crippen LogP contribution in [0.4, 0.5) is 0 Å². The average Bonchev–Trinajstić information content (AvgIpc) is 2.20. The first-order valence-electron chi connectivity index (χ1n) is 4.28. The summed E-state index contributed by atoms with van der Waals surface area (Å²) in [5, 5.41) is 3.71. The van der Waals surface area contributed by atoms with Crippen LogP contribution in [0.15, 0.2) is 12.1 Å². The van der Waals surface area contributed by atoms with Gasteiger partial charge in [0.2, 0.25) is 0 Å². The molecule has 0 saturated heterocycles. The summed E-state index contributed by atoms with van der Waals surface area (Å²) in [4.78, 5) is 0. The summed E-state index contributed by atoms with van der Waals surface area (Å²) in [6.07, 6.45) is 0. The van der Waals surface area contributed by atoms with E-state index in [2.05, 4.69) is 5.32 Å². The summed E-state index contributed by atoms with van der Waals surface area (Å²) in [5.41, 5.74) is 0.992. The van der Waals surface area contributed by atoms with Crippen molar-refractivity contribution in [1.29, 1.82) is 0 Å². The SMILES string of the molecule is CNCc1cc(OC)c(OC)cc1Cl.Cl. The first kappa shape index (κ1) is 14.4. The molecule has 0 aromatic heterocycles. The molecule has 5 heteroatoms. The lowest BCUT2D eigenvalue weighted by molar-refractivity contribution is 0.354. The second kappa shape index (κ2) is 6.77. The van der Waals surface area contributed by atoms with Crippen LogP contribution in [0.1, 0.15) is 5.56 Å². The van der Waals surface area contributed by atoms with E-state index in [4.69, 9.17) is 21.1 Å². The topological polar surface area (TPSA) is 30.5 Å². The van der Waals surface area contributed by atoms with E-state index in [0.29, 0.717) is 23.1 Å². The van der Waals surface area contributed by atoms with E-state index in [1.165, 1.54) is 0 Å². The van der Waals surface area contributed by atoms with Gasteiger partial charge in [-0.25, -0.2) is 0 Å². The fourth-order valence-electron chi connectivity index (χ4n) is 1.22. The Hall–Kier alpha value is -0.640. The molecular formula is C10H15Cl2NO2. The van der Waals surface area contributed by atoms with Crippen molar-refractivity contribution in [1.82, 2.24) is 5.32 Å². The van der Waals surface area contributed by atoms with Crippen LogP contribution >= 0.6 is 24.0 Å². The van der Waals surface area contributed by atoms with Crippen molar-refractivity contribution < 1.29 is 9.47 Å². The smallest absolute Gasteiger partial charge is 0.162 e. The zero-order valence-corrected chi connectivity index (χ0v) is 10.5. The number of methoxy groups -OCH3 is 2. The van der Waals surface area contributed by atoms with Crippen LogP contribution in [0.5, 0.6) is 11.5 Å². The quantitative estimate of drug-likeness (QED) is 0.893. The minimum Gasteiger partial charge on any atom is -0.493 e. The van der Waals surface area contributed by atoms with E-state index >= 15 is 0 Å². The van der Waals surface area contributed by atoms with E-state index in [0.717, 1.165) is 5.56 Å². The van der Waals surface area contributed by atoms with Crippen molar-refractivity contribution in [2.24, 2.45) is 0 Å². The lowest BCUT2D eigenvalue weighted by Crippen LogP contribution is -2.06. The summed E-state index contributed by atoms with van der Waals surface area (Å²) in [6.45, 7) is 0.708. The van der Waals surface area contributed by atoms with Gasteiger partial charge in [-0.3, -0.25) is 0 Å². The Balaban J connectivity index is 0.00000196. The van der Waals surface area contributed by atoms with Crippen molar-refractivity contribution >= 4 is 24.0 Å². The molecule has 0 amide bonds. The monoisotopic (exact) mass is 251 g/mol. The molecule has 0 aliphatic heterocycles. The lowest BCUT2D eigenvalue weighted by atomic mass is 10.2. The summed E-state index contributed by atoms with van der Waals surface area (Å²) < 4.78 is 10.3. The summed E-state index contributed by atoms with van der Waals surface area (Å²) in [5.74, 6) is 1.35. The third-order valence-electron chi connectivity index (χ3n) is 1.92. The van der Waals surface area contributed by atoms with Crippen molar-refractivity contribution in [2.45, 2.75) is 6.54 Å². The molecule has 1 aromatic carbocycles. The van der Waals surface area contributed by atoms with E-state index in [1.54, 1.807) is 20.3 Å². The number of hydrogen-bond acceptors (Lipinski definition) is 3. The fraction of sp³-hybridized carbons (Fsp3) is 0.400. The first-order chi connectivity index (χ1) is 6.72. The van der Waals surface area contributed by atoms with Crippen molar-refractivity contribution in [3.05, 3.63) is 22.7 Å². The van der Waals surface area contributed by atoms with Gasteiger partial charge in [-0.2, -0.15) is 0 Å². The molecule has 86 valence electrons. The average molecular weight is 252 g/mol. The molecule has 0 heterocycles. The van der Waals surface area contributed by atoms with Gasteiger partial charge in [0.05, 0.1) is 14.2 Å². The van der Waals surface area contributed by atoms with Gasteiger partial charge in [-0.15, -0.1) is 12.4 Å². The van der Waals surface area contributed by atoms with Gasteiger partial charge in [-0.1, -0.05) is 11.6 Å². The van der Waals surface area contributed by atoms with Crippen LogP contribution in [-0.4, -0.2) is 21.3 Å². The Kier molecular flexibility index (Phi) is 6.48. The van der Waals surface area contributed by atoms with Crippen molar-refractivity contribution in [3.63, 3.8) is 0 Å². The molecular weight excluding hydrogens is 237 g/mol. The lowest BCUT2D eigenvalue weighted by Gasteiger charge is -2.11. The largest absolute Gasteiger partial charge is 0.493 e. The van der Waals surface area contributed by atoms with Gasteiger partial charge in [0, 0.05) is 17.6 Å². The summed E-state index contributed by atoms with van der Waals surface area (Å²) >= 11 is 6.04. The minimum atomic E-state index is 0. The van der Waals surface area contributed by atoms with Gasteiger partial charge in [0.15, 0.2) is 11.5 Å². The molecule has 0 spiro atoms. The van der Waals surface area contributed by atoms with Crippen LogP contribution in [0.2, 0.25) is 5.02 Å². The van der Waals surface area contributed by atoms with E-state index in [1.807, 2.05) is 13.1 Å². The second-order valence-corrected chi connectivity index (χ2v) is 3.24. The molecule has 0 radical (unpaired) electrons. The van der Waals surface area contributed by atoms with Gasteiger partial charge in [-0.05, 0) is 18.7 Å². The third kappa shape index (κ3) is 3.45. The number of rotatable bonds is 4. The normalized spacial score (nSPS) is 9.33. The predicted molar refractivity (Wildman–Crippen MR) is 64.6 cm³/mol. The molecule has 1 N–H and O–H groups in total. The molecule has 0 fully saturated rings. The highest BCUT2D eigenvalue weighted by Crippen LogP contribution is 2.32. The molecule has 15 heavy (non-hydrogen) atoms. The fourth-order valence-corrected chi connectivity index (χ4v) is 1.44. The predicted octanol–water partition coefficient (Wildman–Crippen LogP) is 2.50. The molecule has 3 nitrogen and oxygen atoms in total. The van der Waals surface area contributed by atoms with Crippen molar-refractivity contribution in [2.75, 3.05) is 21.3 Å². The molecule has 0 aliphatic rings. The number of nitrogens with one attached hydrogen (secondary N) is 1. The summed E-state index contributed by atoms with van der Waals surface area (Å²) in [6, 6.07) is 3.63. The zero-order valence-electron chi connectivity index (χ0n) is 8.96. The maximum absolute atomic E-state index is 6.04. The van der Waals surface area contributed by atoms with Crippen LogP contribution in [0.25, 0.3) is 0 Å². The van der Waals surface area contributed by atoms with E-state index in [-0.39, 0.29) is 12.4 Å². The molecule has 1 rings (SSSR count). The molecule has 0 aliphatic carbocycles. The zero-order chi connectivity index (χ0) is 10.6. The highest BCUT2D eigenvalue weighted by atomic mass is 35.5. The van der Waals surface area contributed by atoms with Gasteiger partial charge in [0.25, 0.3) is 0 Å². The summed E-state index contributed by atoms with van der Waals surface area (Å²) in [7, 11) is 5.06. The Morgan fingerprint density at radius 3 is 2.20 bits per heavy atom. The highest BCUT2D eigenvalue weighted by molar-refractivity contribution is 6.31. The van der Waals surface area contributed by atoms with Gasteiger partial charge < -0.3 is 14.8 Å². The molecule has 0 bridgehead atoms. The third-order valence-corrected chi connectivity index (χ3v) is 2.27. The van der Waals surface area contributed by atoms with E-state index in [9.17, 15) is 0 Å². The number of halogens is 2. The molecule has 1 aromatic rings. The Labute approximate surface area is 101 Å². The van der Waals surface area contributed by atoms with Gasteiger partial charge >= 0.3 is 0 Å². The highest BCUT2D eigenvalue weighted by Gasteiger charge is 2.08. The number of benzene rings is 1. The molecule has 0 atom stereocenters. The molecule has 0 unspecified atom stereocenters. The Morgan fingerprint density at radius 1 is 1.20 bits per heavy atom. The second-order valence-electron chi connectivity index (χ2n) is 2.83. The Bertz CT molecular complexity index is 319. The number of ether oxygens (including phenoxy) is 2. The maximum atomic E-state index is 6.04. The minimum absolute atomic E-state index is 0. The molecule has 0 saturated carbocycles. The van der Waals surface area contributed by atoms with Crippen LogP contribution < -0.4 is 14.8 Å². The van der Waals surface area contributed by atoms with Crippen molar-refractivity contribution in [3.8, 4) is 11.5 Å². The van der Waals surface area contributed by atoms with Gasteiger partial charge in [0.1, 0.15) is 0 Å². The van der Waals surface area contributed by atoms with E-state index < -0.39 is 0 Å². The van der Waals surface area contributed by atoms with Crippen LogP contribution in [-0.2, 0) is 6.54 Å². The standard InChI is InChI=1S/C10H14ClNO2.ClH/c1-12-6-7-4-9(13-2)10(14-3)5-8(7)11;/h4-5,12H,6H2,1-3H3;1H. The Morgan fingerprint density at radius 2 is 1.73 bits per heavy atom. The first-order valence-corrected chi connectivity index (χ1v) is 4.65. The maximum Gasteiger partial charge on any atom is 0.162 e.